The Morgan fingerprint density at radius 3 is 2.86 bits per heavy atom. The van der Waals surface area contributed by atoms with E-state index in [0.29, 0.717) is 0 Å². The van der Waals surface area contributed by atoms with Crippen molar-refractivity contribution in [2.75, 3.05) is 0 Å². The van der Waals surface area contributed by atoms with E-state index in [-0.39, 0.29) is 0 Å². The molecule has 3 rings (SSSR count). The first-order chi connectivity index (χ1) is 6.95. The van der Waals surface area contributed by atoms with Crippen LogP contribution in [0.5, 0.6) is 0 Å². The standard InChI is InChI=1S/C11H8N2O/c1-2-4-10-9(3-1)5-7-13(10)11-6-8-14-12-11/h1-8H. The lowest BCUT2D eigenvalue weighted by Crippen LogP contribution is -1.90. The molecule has 0 radical (unpaired) electrons. The van der Waals surface area contributed by atoms with Gasteiger partial charge in [0.15, 0.2) is 5.82 Å². The molecule has 0 fully saturated rings. The highest BCUT2D eigenvalue weighted by Gasteiger charge is 2.03. The lowest BCUT2D eigenvalue weighted by Gasteiger charge is -1.98. The SMILES string of the molecule is c1ccc2c(c1)ccn2-c1ccon1. The summed E-state index contributed by atoms with van der Waals surface area (Å²) in [5.41, 5.74) is 1.14. The Balaban J connectivity index is 2.33. The van der Waals surface area contributed by atoms with Crippen LogP contribution in [0.2, 0.25) is 0 Å². The van der Waals surface area contributed by atoms with E-state index in [9.17, 15) is 0 Å². The first-order valence-corrected chi connectivity index (χ1v) is 4.42. The molecule has 3 heteroatoms. The van der Waals surface area contributed by atoms with Crippen molar-refractivity contribution in [1.29, 1.82) is 0 Å². The van der Waals surface area contributed by atoms with Gasteiger partial charge in [0.1, 0.15) is 6.26 Å². The lowest BCUT2D eigenvalue weighted by molar-refractivity contribution is 0.417. The first kappa shape index (κ1) is 7.38. The minimum absolute atomic E-state index is 0.811. The zero-order chi connectivity index (χ0) is 9.38. The molecule has 0 amide bonds. The van der Waals surface area contributed by atoms with E-state index < -0.39 is 0 Å². The highest BCUT2D eigenvalue weighted by atomic mass is 16.5. The zero-order valence-corrected chi connectivity index (χ0v) is 7.42. The minimum atomic E-state index is 0.811. The van der Waals surface area contributed by atoms with Crippen LogP contribution in [0, 0.1) is 0 Å². The second kappa shape index (κ2) is 2.73. The van der Waals surface area contributed by atoms with Crippen molar-refractivity contribution in [3.8, 4) is 5.82 Å². The van der Waals surface area contributed by atoms with E-state index in [1.165, 1.54) is 5.39 Å². The summed E-state index contributed by atoms with van der Waals surface area (Å²) < 4.78 is 6.82. The van der Waals surface area contributed by atoms with Crippen LogP contribution < -0.4 is 0 Å². The normalized spacial score (nSPS) is 10.9. The number of nitrogens with zero attached hydrogens (tertiary/aromatic N) is 2. The summed E-state index contributed by atoms with van der Waals surface area (Å²) in [6, 6.07) is 12.1. The van der Waals surface area contributed by atoms with E-state index in [1.54, 1.807) is 6.26 Å². The highest BCUT2D eigenvalue weighted by molar-refractivity contribution is 5.81. The van der Waals surface area contributed by atoms with Crippen LogP contribution in [-0.4, -0.2) is 9.72 Å². The van der Waals surface area contributed by atoms with Crippen LogP contribution in [0.4, 0.5) is 0 Å². The van der Waals surface area contributed by atoms with Gasteiger partial charge in [0.05, 0.1) is 5.52 Å². The summed E-state index contributed by atoms with van der Waals surface area (Å²) in [5.74, 6) is 0.811. The van der Waals surface area contributed by atoms with Gasteiger partial charge in [-0.15, -0.1) is 0 Å². The maximum absolute atomic E-state index is 4.82. The Bertz CT molecular complexity index is 551. The van der Waals surface area contributed by atoms with Gasteiger partial charge < -0.3 is 4.52 Å². The summed E-state index contributed by atoms with van der Waals surface area (Å²) in [6.07, 6.45) is 3.56. The molecule has 2 heterocycles. The summed E-state index contributed by atoms with van der Waals surface area (Å²) in [5, 5.41) is 5.10. The molecule has 14 heavy (non-hydrogen) atoms. The first-order valence-electron chi connectivity index (χ1n) is 4.42. The molecule has 0 atom stereocenters. The topological polar surface area (TPSA) is 31.0 Å². The number of rotatable bonds is 1. The fourth-order valence-corrected chi connectivity index (χ4v) is 1.61. The van der Waals surface area contributed by atoms with Gasteiger partial charge in [-0.25, -0.2) is 0 Å². The van der Waals surface area contributed by atoms with E-state index in [4.69, 9.17) is 4.52 Å². The molecule has 0 N–H and O–H groups in total. The van der Waals surface area contributed by atoms with Crippen molar-refractivity contribution in [2.45, 2.75) is 0 Å². The fraction of sp³-hybridized carbons (Fsp3) is 0. The van der Waals surface area contributed by atoms with Gasteiger partial charge in [-0.05, 0) is 17.5 Å². The Kier molecular flexibility index (Phi) is 1.44. The Morgan fingerprint density at radius 2 is 2.00 bits per heavy atom. The third-order valence-corrected chi connectivity index (χ3v) is 2.27. The van der Waals surface area contributed by atoms with Crippen LogP contribution in [0.15, 0.2) is 53.4 Å². The van der Waals surface area contributed by atoms with Crippen molar-refractivity contribution < 1.29 is 4.52 Å². The van der Waals surface area contributed by atoms with Gasteiger partial charge >= 0.3 is 0 Å². The monoisotopic (exact) mass is 184 g/mol. The molecular formula is C11H8N2O. The second-order valence-electron chi connectivity index (χ2n) is 3.10. The largest absolute Gasteiger partial charge is 0.363 e. The number of fused-ring (bicyclic) bond motifs is 1. The molecule has 0 aliphatic rings. The molecule has 0 unspecified atom stereocenters. The van der Waals surface area contributed by atoms with Crippen LogP contribution >= 0.6 is 0 Å². The molecule has 1 aromatic carbocycles. The molecule has 0 aliphatic carbocycles. The van der Waals surface area contributed by atoms with Crippen molar-refractivity contribution in [3.05, 3.63) is 48.9 Å². The van der Waals surface area contributed by atoms with E-state index in [2.05, 4.69) is 23.4 Å². The van der Waals surface area contributed by atoms with Crippen molar-refractivity contribution in [3.63, 3.8) is 0 Å². The van der Waals surface area contributed by atoms with Crippen LogP contribution in [0.3, 0.4) is 0 Å². The molecule has 2 aromatic heterocycles. The molecular weight excluding hydrogens is 176 g/mol. The summed E-state index contributed by atoms with van der Waals surface area (Å²) >= 11 is 0. The minimum Gasteiger partial charge on any atom is -0.363 e. The van der Waals surface area contributed by atoms with Crippen LogP contribution in [-0.2, 0) is 0 Å². The molecule has 0 saturated carbocycles. The highest BCUT2D eigenvalue weighted by Crippen LogP contribution is 2.18. The van der Waals surface area contributed by atoms with Crippen molar-refractivity contribution >= 4 is 10.9 Å². The zero-order valence-electron chi connectivity index (χ0n) is 7.42. The molecule has 0 aliphatic heterocycles. The summed E-state index contributed by atoms with van der Waals surface area (Å²) in [4.78, 5) is 0. The van der Waals surface area contributed by atoms with Crippen molar-refractivity contribution in [1.82, 2.24) is 9.72 Å². The second-order valence-corrected chi connectivity index (χ2v) is 3.10. The number of aromatic nitrogens is 2. The quantitative estimate of drug-likeness (QED) is 0.582. The van der Waals surface area contributed by atoms with Gasteiger partial charge in [-0.2, -0.15) is 0 Å². The Morgan fingerprint density at radius 1 is 1.07 bits per heavy atom. The van der Waals surface area contributed by atoms with Crippen molar-refractivity contribution in [2.24, 2.45) is 0 Å². The fourth-order valence-electron chi connectivity index (χ4n) is 1.61. The van der Waals surface area contributed by atoms with Gasteiger partial charge in [0.2, 0.25) is 0 Å². The summed E-state index contributed by atoms with van der Waals surface area (Å²) in [7, 11) is 0. The molecule has 0 bridgehead atoms. The Hall–Kier alpha value is -2.03. The van der Waals surface area contributed by atoms with Gasteiger partial charge in [-0.3, -0.25) is 4.57 Å². The van der Waals surface area contributed by atoms with E-state index in [0.717, 1.165) is 11.3 Å². The van der Waals surface area contributed by atoms with Gasteiger partial charge in [-0.1, -0.05) is 23.4 Å². The van der Waals surface area contributed by atoms with E-state index in [1.807, 2.05) is 29.0 Å². The smallest absolute Gasteiger partial charge is 0.180 e. The average Bonchev–Trinajstić information content (AvgIpc) is 2.85. The Labute approximate surface area is 80.6 Å². The molecule has 3 aromatic rings. The van der Waals surface area contributed by atoms with Crippen LogP contribution in [0.1, 0.15) is 0 Å². The number of benzene rings is 1. The maximum Gasteiger partial charge on any atom is 0.180 e. The summed E-state index contributed by atoms with van der Waals surface area (Å²) in [6.45, 7) is 0. The third-order valence-electron chi connectivity index (χ3n) is 2.27. The van der Waals surface area contributed by atoms with Crippen LogP contribution in [0.25, 0.3) is 16.7 Å². The molecule has 0 spiro atoms. The maximum atomic E-state index is 4.82. The van der Waals surface area contributed by atoms with Gasteiger partial charge in [0, 0.05) is 12.3 Å². The number of hydrogen-bond donors (Lipinski definition) is 0. The molecule has 3 nitrogen and oxygen atoms in total. The lowest BCUT2D eigenvalue weighted by atomic mass is 10.2. The molecule has 68 valence electrons. The molecule has 0 saturated heterocycles. The third kappa shape index (κ3) is 0.956. The number of hydrogen-bond acceptors (Lipinski definition) is 2. The predicted octanol–water partition coefficient (Wildman–Crippen LogP) is 2.62. The number of para-hydroxylation sites is 1. The van der Waals surface area contributed by atoms with Gasteiger partial charge in [0.25, 0.3) is 0 Å². The average molecular weight is 184 g/mol. The predicted molar refractivity (Wildman–Crippen MR) is 53.3 cm³/mol. The van der Waals surface area contributed by atoms with E-state index >= 15 is 0 Å².